The number of carbonyl (C=O) groups excluding carboxylic acids is 3. The molecule has 0 aliphatic carbocycles. The molecule has 1 aliphatic heterocycles. The van der Waals surface area contributed by atoms with Crippen LogP contribution in [-0.2, 0) is 4.79 Å². The standard InChI is InChI=1S/C21H21BrN2O4/c1-3-10-28-15-5-7-18(13(2)11-15)23-19(25)8-9-24-20(26)16-6-4-14(22)12-17(16)21(24)27/h4-7,11-12H,3,8-10H2,1-2H3,(H,23,25). The van der Waals surface area contributed by atoms with E-state index in [0.29, 0.717) is 23.4 Å². The summed E-state index contributed by atoms with van der Waals surface area (Å²) >= 11 is 3.30. The van der Waals surface area contributed by atoms with Gasteiger partial charge in [0.15, 0.2) is 0 Å². The van der Waals surface area contributed by atoms with E-state index in [9.17, 15) is 14.4 Å². The van der Waals surface area contributed by atoms with E-state index in [1.165, 1.54) is 0 Å². The van der Waals surface area contributed by atoms with Crippen molar-refractivity contribution in [1.29, 1.82) is 0 Å². The van der Waals surface area contributed by atoms with Gasteiger partial charge in [-0.25, -0.2) is 0 Å². The zero-order valence-electron chi connectivity index (χ0n) is 15.8. The van der Waals surface area contributed by atoms with Crippen LogP contribution in [0.1, 0.15) is 46.0 Å². The summed E-state index contributed by atoms with van der Waals surface area (Å²) in [6.45, 7) is 4.60. The maximum atomic E-state index is 12.4. The van der Waals surface area contributed by atoms with Crippen molar-refractivity contribution in [3.05, 3.63) is 57.6 Å². The first-order valence-corrected chi connectivity index (χ1v) is 9.89. The Kier molecular flexibility index (Phi) is 6.14. The molecule has 28 heavy (non-hydrogen) atoms. The van der Waals surface area contributed by atoms with Gasteiger partial charge in [0.2, 0.25) is 5.91 Å². The van der Waals surface area contributed by atoms with Crippen molar-refractivity contribution in [2.75, 3.05) is 18.5 Å². The molecule has 2 aromatic carbocycles. The van der Waals surface area contributed by atoms with Gasteiger partial charge in [0.25, 0.3) is 11.8 Å². The smallest absolute Gasteiger partial charge is 0.261 e. The average molecular weight is 445 g/mol. The maximum Gasteiger partial charge on any atom is 0.261 e. The fraction of sp³-hybridized carbons (Fsp3) is 0.286. The second kappa shape index (κ2) is 8.56. The summed E-state index contributed by atoms with van der Waals surface area (Å²) in [5.41, 5.74) is 2.29. The average Bonchev–Trinajstić information content (AvgIpc) is 2.90. The number of rotatable bonds is 7. The number of nitrogens with one attached hydrogen (secondary N) is 1. The number of nitrogens with zero attached hydrogens (tertiary/aromatic N) is 1. The summed E-state index contributed by atoms with van der Waals surface area (Å²) in [6.07, 6.45) is 0.951. The fourth-order valence-corrected chi connectivity index (χ4v) is 3.34. The number of fused-ring (bicyclic) bond motifs is 1. The molecule has 3 rings (SSSR count). The third-order valence-corrected chi connectivity index (χ3v) is 4.93. The highest BCUT2D eigenvalue weighted by Crippen LogP contribution is 2.26. The minimum absolute atomic E-state index is 0.0279. The Morgan fingerprint density at radius 3 is 2.57 bits per heavy atom. The van der Waals surface area contributed by atoms with Crippen LogP contribution in [0.3, 0.4) is 0 Å². The molecule has 7 heteroatoms. The van der Waals surface area contributed by atoms with Crippen molar-refractivity contribution >= 4 is 39.3 Å². The number of ether oxygens (including phenoxy) is 1. The molecule has 1 N–H and O–H groups in total. The highest BCUT2D eigenvalue weighted by atomic mass is 79.9. The fourth-order valence-electron chi connectivity index (χ4n) is 2.98. The van der Waals surface area contributed by atoms with Crippen LogP contribution in [0.2, 0.25) is 0 Å². The molecule has 1 aliphatic rings. The third kappa shape index (κ3) is 4.25. The predicted molar refractivity (Wildman–Crippen MR) is 110 cm³/mol. The molecule has 0 radical (unpaired) electrons. The Morgan fingerprint density at radius 2 is 1.86 bits per heavy atom. The SMILES string of the molecule is CCCOc1ccc(NC(=O)CCN2C(=O)c3ccc(Br)cc3C2=O)c(C)c1. The van der Waals surface area contributed by atoms with E-state index in [1.54, 1.807) is 30.3 Å². The lowest BCUT2D eigenvalue weighted by Gasteiger charge is -2.14. The number of carbonyl (C=O) groups is 3. The van der Waals surface area contributed by atoms with Gasteiger partial charge >= 0.3 is 0 Å². The van der Waals surface area contributed by atoms with Crippen LogP contribution in [0.5, 0.6) is 5.75 Å². The Balaban J connectivity index is 1.59. The van der Waals surface area contributed by atoms with Crippen LogP contribution in [0.15, 0.2) is 40.9 Å². The summed E-state index contributed by atoms with van der Waals surface area (Å²) in [4.78, 5) is 38.3. The van der Waals surface area contributed by atoms with Gasteiger partial charge < -0.3 is 10.1 Å². The van der Waals surface area contributed by atoms with Crippen molar-refractivity contribution in [3.8, 4) is 5.75 Å². The molecule has 0 aromatic heterocycles. The van der Waals surface area contributed by atoms with Gasteiger partial charge in [0, 0.05) is 23.1 Å². The van der Waals surface area contributed by atoms with Gasteiger partial charge in [-0.1, -0.05) is 22.9 Å². The number of benzene rings is 2. The van der Waals surface area contributed by atoms with Crippen LogP contribution in [-0.4, -0.2) is 35.8 Å². The van der Waals surface area contributed by atoms with Crippen LogP contribution < -0.4 is 10.1 Å². The van der Waals surface area contributed by atoms with Gasteiger partial charge in [-0.05, 0) is 55.3 Å². The molecule has 0 saturated heterocycles. The minimum Gasteiger partial charge on any atom is -0.494 e. The first kappa shape index (κ1) is 20.1. The van der Waals surface area contributed by atoms with Crippen LogP contribution in [0, 0.1) is 6.92 Å². The van der Waals surface area contributed by atoms with E-state index in [4.69, 9.17) is 4.74 Å². The highest BCUT2D eigenvalue weighted by Gasteiger charge is 2.35. The lowest BCUT2D eigenvalue weighted by molar-refractivity contribution is -0.116. The van der Waals surface area contributed by atoms with E-state index >= 15 is 0 Å². The molecule has 6 nitrogen and oxygen atoms in total. The van der Waals surface area contributed by atoms with Crippen LogP contribution >= 0.6 is 15.9 Å². The topological polar surface area (TPSA) is 75.7 Å². The number of anilines is 1. The Labute approximate surface area is 172 Å². The first-order chi connectivity index (χ1) is 13.4. The Bertz CT molecular complexity index is 942. The van der Waals surface area contributed by atoms with E-state index in [0.717, 1.165) is 27.1 Å². The molecule has 0 unspecified atom stereocenters. The Hall–Kier alpha value is -2.67. The number of imide groups is 1. The van der Waals surface area contributed by atoms with E-state index in [2.05, 4.69) is 21.2 Å². The largest absolute Gasteiger partial charge is 0.494 e. The van der Waals surface area contributed by atoms with Crippen molar-refractivity contribution in [3.63, 3.8) is 0 Å². The van der Waals surface area contributed by atoms with E-state index in [-0.39, 0.29) is 30.7 Å². The van der Waals surface area contributed by atoms with Crippen molar-refractivity contribution in [2.45, 2.75) is 26.7 Å². The number of amides is 3. The first-order valence-electron chi connectivity index (χ1n) is 9.09. The molecule has 0 atom stereocenters. The van der Waals surface area contributed by atoms with Gasteiger partial charge in [-0.2, -0.15) is 0 Å². The predicted octanol–water partition coefficient (Wildman–Crippen LogP) is 4.17. The van der Waals surface area contributed by atoms with Crippen molar-refractivity contribution in [1.82, 2.24) is 4.90 Å². The van der Waals surface area contributed by atoms with Gasteiger partial charge in [-0.3, -0.25) is 19.3 Å². The van der Waals surface area contributed by atoms with Gasteiger partial charge in [-0.15, -0.1) is 0 Å². The zero-order chi connectivity index (χ0) is 20.3. The second-order valence-corrected chi connectivity index (χ2v) is 7.49. The van der Waals surface area contributed by atoms with Crippen LogP contribution in [0.4, 0.5) is 5.69 Å². The monoisotopic (exact) mass is 444 g/mol. The lowest BCUT2D eigenvalue weighted by Crippen LogP contribution is -2.32. The summed E-state index contributed by atoms with van der Waals surface area (Å²) in [5.74, 6) is -0.241. The summed E-state index contributed by atoms with van der Waals surface area (Å²) in [5, 5.41) is 2.83. The highest BCUT2D eigenvalue weighted by molar-refractivity contribution is 9.10. The molecular weight excluding hydrogens is 424 g/mol. The number of hydrogen-bond donors (Lipinski definition) is 1. The van der Waals surface area contributed by atoms with Crippen molar-refractivity contribution in [2.24, 2.45) is 0 Å². The zero-order valence-corrected chi connectivity index (χ0v) is 17.3. The summed E-state index contributed by atoms with van der Waals surface area (Å²) < 4.78 is 6.31. The normalized spacial score (nSPS) is 12.9. The molecule has 0 saturated carbocycles. The number of aryl methyl sites for hydroxylation is 1. The molecule has 2 aromatic rings. The molecular formula is C21H21BrN2O4. The number of halogens is 1. The minimum atomic E-state index is -0.372. The molecule has 146 valence electrons. The summed E-state index contributed by atoms with van der Waals surface area (Å²) in [6, 6.07) is 10.4. The van der Waals surface area contributed by atoms with Crippen LogP contribution in [0.25, 0.3) is 0 Å². The van der Waals surface area contributed by atoms with E-state index < -0.39 is 0 Å². The lowest BCUT2D eigenvalue weighted by atomic mass is 10.1. The van der Waals surface area contributed by atoms with E-state index in [1.807, 2.05) is 19.9 Å². The van der Waals surface area contributed by atoms with Gasteiger partial charge in [0.05, 0.1) is 17.7 Å². The molecule has 3 amide bonds. The molecule has 0 bridgehead atoms. The Morgan fingerprint density at radius 1 is 1.11 bits per heavy atom. The second-order valence-electron chi connectivity index (χ2n) is 6.58. The van der Waals surface area contributed by atoms with Crippen molar-refractivity contribution < 1.29 is 19.1 Å². The molecule has 1 heterocycles. The number of hydrogen-bond acceptors (Lipinski definition) is 4. The third-order valence-electron chi connectivity index (χ3n) is 4.44. The van der Waals surface area contributed by atoms with Gasteiger partial charge in [0.1, 0.15) is 5.75 Å². The molecule has 0 spiro atoms. The maximum absolute atomic E-state index is 12.4. The quantitative estimate of drug-likeness (QED) is 0.650. The molecule has 0 fully saturated rings. The summed E-state index contributed by atoms with van der Waals surface area (Å²) in [7, 11) is 0.